The number of pyridine rings is 1. The number of hydrogen-bond donors (Lipinski definition) is 1. The van der Waals surface area contributed by atoms with Crippen LogP contribution in [0, 0.1) is 13.8 Å². The Labute approximate surface area is 237 Å². The van der Waals surface area contributed by atoms with Crippen molar-refractivity contribution < 1.29 is 14.1 Å². The lowest BCUT2D eigenvalue weighted by molar-refractivity contribution is 0.0990. The number of benzene rings is 2. The summed E-state index contributed by atoms with van der Waals surface area (Å²) in [5.74, 6) is 0.164. The molecule has 0 aliphatic carbocycles. The predicted octanol–water partition coefficient (Wildman–Crippen LogP) is 5.09. The molecule has 2 aromatic heterocycles. The third-order valence-electron chi connectivity index (χ3n) is 7.76. The highest BCUT2D eigenvalue weighted by molar-refractivity contribution is 6.33. The summed E-state index contributed by atoms with van der Waals surface area (Å²) >= 11 is 6.72. The summed E-state index contributed by atoms with van der Waals surface area (Å²) in [5.41, 5.74) is 6.10. The van der Waals surface area contributed by atoms with Gasteiger partial charge in [0.25, 0.3) is 11.8 Å². The van der Waals surface area contributed by atoms with Crippen LogP contribution in [0.1, 0.15) is 49.3 Å². The van der Waals surface area contributed by atoms with E-state index < -0.39 is 0 Å². The molecule has 1 saturated heterocycles. The number of nitrogens with one attached hydrogen (secondary N) is 1. The molecular weight excluding hydrogens is 528 g/mol. The minimum atomic E-state index is -0.281. The first-order valence-corrected chi connectivity index (χ1v) is 13.5. The first-order chi connectivity index (χ1) is 19.3. The first-order valence-electron chi connectivity index (χ1n) is 13.2. The van der Waals surface area contributed by atoms with Crippen molar-refractivity contribution in [2.24, 2.45) is 0 Å². The van der Waals surface area contributed by atoms with Gasteiger partial charge in [-0.2, -0.15) is 0 Å². The fourth-order valence-electron chi connectivity index (χ4n) is 5.76. The van der Waals surface area contributed by atoms with Crippen molar-refractivity contribution in [3.05, 3.63) is 99.7 Å². The summed E-state index contributed by atoms with van der Waals surface area (Å²) in [6, 6.07) is 15.4. The maximum Gasteiger partial charge on any atom is 0.261 e. The largest absolute Gasteiger partial charge is 0.368 e. The van der Waals surface area contributed by atoms with Crippen LogP contribution in [0.2, 0.25) is 5.02 Å². The zero-order valence-electron chi connectivity index (χ0n) is 22.5. The van der Waals surface area contributed by atoms with Crippen molar-refractivity contribution in [3.8, 4) is 0 Å². The molecule has 6 rings (SSSR count). The van der Waals surface area contributed by atoms with E-state index in [-0.39, 0.29) is 17.9 Å². The van der Waals surface area contributed by atoms with E-state index in [9.17, 15) is 9.59 Å². The summed E-state index contributed by atoms with van der Waals surface area (Å²) in [7, 11) is 1.83. The number of piperazine rings is 1. The Morgan fingerprint density at radius 1 is 1.02 bits per heavy atom. The quantitative estimate of drug-likeness (QED) is 0.374. The zero-order valence-corrected chi connectivity index (χ0v) is 23.3. The van der Waals surface area contributed by atoms with Crippen molar-refractivity contribution in [1.82, 2.24) is 15.0 Å². The molecule has 0 radical (unpaired) electrons. The molecule has 0 spiro atoms. The molecule has 0 saturated carbocycles. The number of nitrogens with zero attached hydrogens (tertiary/aromatic N) is 5. The number of aryl methyl sites for hydroxylation is 2. The molecule has 204 valence electrons. The van der Waals surface area contributed by atoms with Crippen LogP contribution in [-0.4, -0.2) is 60.1 Å². The number of anilines is 3. The smallest absolute Gasteiger partial charge is 0.261 e. The molecule has 0 bridgehead atoms. The minimum absolute atomic E-state index is 0.0284. The number of amides is 2. The lowest BCUT2D eigenvalue weighted by atomic mass is 9.94. The molecule has 4 aromatic rings. The Bertz CT molecular complexity index is 1590. The van der Waals surface area contributed by atoms with Gasteiger partial charge in [-0.15, -0.1) is 0 Å². The van der Waals surface area contributed by atoms with Gasteiger partial charge < -0.3 is 19.6 Å². The normalized spacial score (nSPS) is 17.3. The second-order valence-electron chi connectivity index (χ2n) is 10.1. The molecule has 1 atom stereocenters. The van der Waals surface area contributed by atoms with E-state index in [4.69, 9.17) is 16.1 Å². The number of carbonyl (C=O) groups excluding carboxylic acids is 2. The fraction of sp³-hybridized carbons (Fsp3) is 0.267. The Morgan fingerprint density at radius 3 is 2.52 bits per heavy atom. The van der Waals surface area contributed by atoms with E-state index in [1.165, 1.54) is 0 Å². The van der Waals surface area contributed by atoms with Gasteiger partial charge in [-0.3, -0.25) is 19.5 Å². The van der Waals surface area contributed by atoms with Gasteiger partial charge in [-0.25, -0.2) is 0 Å². The van der Waals surface area contributed by atoms with Crippen molar-refractivity contribution in [2.45, 2.75) is 19.9 Å². The van der Waals surface area contributed by atoms with Crippen molar-refractivity contribution in [1.29, 1.82) is 0 Å². The lowest BCUT2D eigenvalue weighted by Crippen LogP contribution is -2.48. The third-order valence-corrected chi connectivity index (χ3v) is 8.06. The Hall–Kier alpha value is -4.21. The average molecular weight is 557 g/mol. The molecule has 4 heterocycles. The summed E-state index contributed by atoms with van der Waals surface area (Å²) < 4.78 is 5.12. The van der Waals surface area contributed by atoms with Crippen LogP contribution in [-0.2, 0) is 0 Å². The standard InChI is InChI=1S/C30H29ClN6O3/c1-18-27(19(2)40-34-18)29(38)33-20-8-9-26(24(31)16-20)36-12-14-37(15-13-36)28-22-6-4-5-7-25(22)35(3)30(39)21-10-11-32-17-23(21)28/h4-11,16-17,28H,12-15H2,1-3H3,(H,33,38). The van der Waals surface area contributed by atoms with Crippen LogP contribution < -0.4 is 15.1 Å². The summed E-state index contributed by atoms with van der Waals surface area (Å²) in [6.07, 6.45) is 3.50. The molecule has 1 unspecified atom stereocenters. The number of aromatic nitrogens is 2. The maximum absolute atomic E-state index is 13.3. The monoisotopic (exact) mass is 556 g/mol. The number of rotatable bonds is 4. The zero-order chi connectivity index (χ0) is 28.0. The van der Waals surface area contributed by atoms with Crippen LogP contribution in [0.5, 0.6) is 0 Å². The van der Waals surface area contributed by atoms with Crippen molar-refractivity contribution in [3.63, 3.8) is 0 Å². The molecule has 2 aliphatic rings. The lowest BCUT2D eigenvalue weighted by Gasteiger charge is -2.41. The van der Waals surface area contributed by atoms with Gasteiger partial charge in [0.2, 0.25) is 0 Å². The van der Waals surface area contributed by atoms with Gasteiger partial charge in [-0.1, -0.05) is 35.0 Å². The van der Waals surface area contributed by atoms with E-state index in [1.807, 2.05) is 49.6 Å². The van der Waals surface area contributed by atoms with Gasteiger partial charge in [0, 0.05) is 68.1 Å². The van der Waals surface area contributed by atoms with Crippen LogP contribution in [0.3, 0.4) is 0 Å². The molecule has 1 N–H and O–H groups in total. The number of carbonyl (C=O) groups is 2. The van der Waals surface area contributed by atoms with Crippen molar-refractivity contribution >= 4 is 40.5 Å². The van der Waals surface area contributed by atoms with E-state index in [2.05, 4.69) is 31.3 Å². The van der Waals surface area contributed by atoms with Gasteiger partial charge in [0.05, 0.1) is 22.4 Å². The molecule has 2 aliphatic heterocycles. The number of fused-ring (bicyclic) bond motifs is 2. The second-order valence-corrected chi connectivity index (χ2v) is 10.5. The highest BCUT2D eigenvalue weighted by Crippen LogP contribution is 2.40. The molecule has 10 heteroatoms. The number of hydrogen-bond acceptors (Lipinski definition) is 7. The van der Waals surface area contributed by atoms with E-state index in [1.54, 1.807) is 31.0 Å². The third kappa shape index (κ3) is 4.51. The van der Waals surface area contributed by atoms with Crippen LogP contribution >= 0.6 is 11.6 Å². The molecule has 2 amide bonds. The fourth-order valence-corrected chi connectivity index (χ4v) is 6.06. The summed E-state index contributed by atoms with van der Waals surface area (Å²) in [6.45, 7) is 6.49. The topological polar surface area (TPSA) is 94.8 Å². The van der Waals surface area contributed by atoms with Gasteiger partial charge in [-0.05, 0) is 49.7 Å². The SMILES string of the molecule is Cc1noc(C)c1C(=O)Nc1ccc(N2CCN(C3c4cnccc4C(=O)N(C)c4ccccc43)CC2)c(Cl)c1. The second kappa shape index (κ2) is 10.4. The van der Waals surface area contributed by atoms with E-state index >= 15 is 0 Å². The van der Waals surface area contributed by atoms with E-state index in [0.717, 1.165) is 48.7 Å². The van der Waals surface area contributed by atoms with E-state index in [0.29, 0.717) is 33.3 Å². The Morgan fingerprint density at radius 2 is 1.80 bits per heavy atom. The van der Waals surface area contributed by atoms with Gasteiger partial charge in [0.1, 0.15) is 11.3 Å². The number of para-hydroxylation sites is 1. The van der Waals surface area contributed by atoms with Crippen LogP contribution in [0.25, 0.3) is 0 Å². The van der Waals surface area contributed by atoms with Gasteiger partial charge in [0.15, 0.2) is 0 Å². The van der Waals surface area contributed by atoms with Crippen LogP contribution in [0.15, 0.2) is 65.4 Å². The van der Waals surface area contributed by atoms with Crippen molar-refractivity contribution in [2.75, 3.05) is 48.3 Å². The molecule has 1 fully saturated rings. The maximum atomic E-state index is 13.3. The molecular formula is C30H29ClN6O3. The van der Waals surface area contributed by atoms with Crippen LogP contribution in [0.4, 0.5) is 17.1 Å². The number of halogens is 1. The predicted molar refractivity (Wildman–Crippen MR) is 154 cm³/mol. The first kappa shape index (κ1) is 26.0. The Kier molecular flexibility index (Phi) is 6.77. The highest BCUT2D eigenvalue weighted by Gasteiger charge is 2.35. The molecule has 2 aromatic carbocycles. The molecule has 9 nitrogen and oxygen atoms in total. The summed E-state index contributed by atoms with van der Waals surface area (Å²) in [5, 5.41) is 7.31. The average Bonchev–Trinajstić information content (AvgIpc) is 3.27. The Balaban J connectivity index is 1.21. The molecule has 40 heavy (non-hydrogen) atoms. The minimum Gasteiger partial charge on any atom is -0.368 e. The summed E-state index contributed by atoms with van der Waals surface area (Å²) in [4.78, 5) is 36.8. The highest BCUT2D eigenvalue weighted by atomic mass is 35.5. The van der Waals surface area contributed by atoms with Gasteiger partial charge >= 0.3 is 0 Å².